The summed E-state index contributed by atoms with van der Waals surface area (Å²) in [5.41, 5.74) is 6.66. The number of allylic oxidation sites excluding steroid dienone is 1. The molecule has 0 saturated heterocycles. The van der Waals surface area contributed by atoms with Crippen molar-refractivity contribution in [3.63, 3.8) is 0 Å². The van der Waals surface area contributed by atoms with Crippen LogP contribution in [-0.2, 0) is 23.9 Å². The van der Waals surface area contributed by atoms with Crippen molar-refractivity contribution in [2.24, 2.45) is 45.8 Å². The van der Waals surface area contributed by atoms with E-state index in [1.54, 1.807) is 18.2 Å². The summed E-state index contributed by atoms with van der Waals surface area (Å²) in [5.74, 6) is 5.55. The normalized spacial score (nSPS) is 10.6. The van der Waals surface area contributed by atoms with Crippen LogP contribution in [0.5, 0.6) is 17.2 Å². The Kier molecular flexibility index (Phi) is 76.4. The number of phenolic OH excluding ortho intramolecular Hbond substituents is 2. The largest absolute Gasteiger partial charge is 0.508 e. The van der Waals surface area contributed by atoms with E-state index >= 15 is 0 Å². The molecule has 0 heterocycles. The monoisotopic (exact) mass is 1380 g/mol. The molecule has 0 aliphatic carbocycles. The standard InChI is InChI=1S/C11H16O3.C10H14O.C10H14.C9H11Br.C8H18.2C7H16O.C5H12S.C5H12.C5H10.C4H10.3CH4/c1-11(2,3)8-4-7(6-12)10(14)9(13)5-8;1-10(2,3)8-4-6-9(11)7-5-8;1-9(2)8-10-6-4-3-5-7-10;1-7(2)8-3-5-9(10)6-4-8;1-4-5-6-7-8(2)3;2*1-7(2,3)5-4-6-8;1-5(2)3-4-6;1-5(2,3)4;1-4-5(2)3;1-4(2)3;;;/h4-5,12-14H,6H2,1-3H3;4-7,11H,1-3H3;3-7,9H,8H2,1-2H3;3-7H,1-2H3;8H,4-7H2,1-3H3;2*8H,4-6H2,1-3H3;5-6H,3-4H2,1-2H3;1-4H3;4-5H,1H2,2-3H3;4H,1-3H3;3*1H4. The third-order valence-electron chi connectivity index (χ3n) is 11.7. The van der Waals surface area contributed by atoms with Crippen LogP contribution in [0, 0.1) is 45.8 Å². The van der Waals surface area contributed by atoms with Crippen LogP contribution in [0.2, 0.25) is 0 Å². The number of aliphatic hydroxyl groups excluding tert-OH is 3. The Morgan fingerprint density at radius 2 is 0.891 bits per heavy atom. The molecule has 0 aromatic heterocycles. The number of phenols is 3. The molecule has 92 heavy (non-hydrogen) atoms. The van der Waals surface area contributed by atoms with E-state index < -0.39 is 0 Å². The molecule has 4 rings (SSSR count). The molecule has 0 spiro atoms. The van der Waals surface area contributed by atoms with Crippen LogP contribution in [0.3, 0.4) is 0 Å². The minimum Gasteiger partial charge on any atom is -0.508 e. The minimum atomic E-state index is -0.274. The second-order valence-electron chi connectivity index (χ2n) is 31.8. The summed E-state index contributed by atoms with van der Waals surface area (Å²) in [5, 5.41) is 53.6. The van der Waals surface area contributed by atoms with E-state index in [0.29, 0.717) is 52.6 Å². The molecule has 0 amide bonds. The first-order valence-electron chi connectivity index (χ1n) is 33.7. The average molecular weight is 1380 g/mol. The van der Waals surface area contributed by atoms with Gasteiger partial charge in [-0.1, -0.05) is 332 Å². The van der Waals surface area contributed by atoms with E-state index in [2.05, 4.69) is 277 Å². The summed E-state index contributed by atoms with van der Waals surface area (Å²) in [6.45, 7) is 69.1. The van der Waals surface area contributed by atoms with Gasteiger partial charge >= 0.3 is 0 Å². The quantitative estimate of drug-likeness (QED) is 0.0276. The fourth-order valence-electron chi connectivity index (χ4n) is 6.41. The van der Waals surface area contributed by atoms with Crippen molar-refractivity contribution in [2.45, 2.75) is 318 Å². The van der Waals surface area contributed by atoms with Gasteiger partial charge in [-0.2, -0.15) is 12.6 Å². The highest BCUT2D eigenvalue weighted by molar-refractivity contribution is 9.10. The fraction of sp³-hybridized carbons (Fsp3) is 0.690. The maximum absolute atomic E-state index is 9.41. The Bertz CT molecular complexity index is 2100. The molecule has 6 nitrogen and oxygen atoms in total. The Morgan fingerprint density at radius 1 is 0.511 bits per heavy atom. The maximum atomic E-state index is 9.41. The third-order valence-corrected chi connectivity index (χ3v) is 12.5. The van der Waals surface area contributed by atoms with Crippen LogP contribution in [0.15, 0.2) is 108 Å². The summed E-state index contributed by atoms with van der Waals surface area (Å²) in [6, 6.07) is 29.6. The van der Waals surface area contributed by atoms with Crippen LogP contribution >= 0.6 is 28.6 Å². The number of thiol groups is 1. The summed E-state index contributed by atoms with van der Waals surface area (Å²) in [7, 11) is 0. The Balaban J connectivity index is -0.000000102. The van der Waals surface area contributed by atoms with Crippen molar-refractivity contribution < 1.29 is 30.6 Å². The third kappa shape index (κ3) is 93.1. The zero-order chi connectivity index (χ0) is 71.4. The van der Waals surface area contributed by atoms with Crippen molar-refractivity contribution in [3.05, 3.63) is 136 Å². The van der Waals surface area contributed by atoms with Gasteiger partial charge in [0, 0.05) is 23.2 Å². The second-order valence-corrected chi connectivity index (χ2v) is 33.1. The lowest BCUT2D eigenvalue weighted by Crippen LogP contribution is -2.11. The van der Waals surface area contributed by atoms with Crippen LogP contribution in [-0.4, -0.2) is 49.6 Å². The highest BCUT2D eigenvalue weighted by atomic mass is 79.9. The van der Waals surface area contributed by atoms with Gasteiger partial charge in [0.1, 0.15) is 5.75 Å². The molecule has 0 fully saturated rings. The summed E-state index contributed by atoms with van der Waals surface area (Å²) >= 11 is 7.45. The molecular weight excluding hydrogens is 1220 g/mol. The van der Waals surface area contributed by atoms with Gasteiger partial charge < -0.3 is 30.6 Å². The molecule has 4 aromatic carbocycles. The zero-order valence-corrected chi connectivity index (χ0v) is 66.3. The number of aliphatic hydroxyl groups is 3. The first kappa shape index (κ1) is 110. The number of benzene rings is 4. The van der Waals surface area contributed by atoms with Crippen LogP contribution in [0.25, 0.3) is 0 Å². The predicted octanol–water partition coefficient (Wildman–Crippen LogP) is 27.3. The summed E-state index contributed by atoms with van der Waals surface area (Å²) < 4.78 is 1.15. The summed E-state index contributed by atoms with van der Waals surface area (Å²) in [4.78, 5) is 0. The predicted molar refractivity (Wildman–Crippen MR) is 429 cm³/mol. The molecular formula is C84H161BrO6S. The maximum Gasteiger partial charge on any atom is 0.163 e. The van der Waals surface area contributed by atoms with E-state index in [1.807, 2.05) is 39.0 Å². The molecule has 0 bridgehead atoms. The lowest BCUT2D eigenvalue weighted by Gasteiger charge is -2.20. The molecule has 0 aliphatic heterocycles. The van der Waals surface area contributed by atoms with Gasteiger partial charge in [-0.3, -0.25) is 0 Å². The number of unbranched alkanes of at least 4 members (excludes halogenated alkanes) is 2. The van der Waals surface area contributed by atoms with E-state index in [0.717, 1.165) is 65.1 Å². The van der Waals surface area contributed by atoms with Crippen molar-refractivity contribution in [1.82, 2.24) is 0 Å². The van der Waals surface area contributed by atoms with Gasteiger partial charge in [0.25, 0.3) is 0 Å². The number of aromatic hydroxyl groups is 3. The number of hydrogen-bond donors (Lipinski definition) is 7. The molecule has 0 aliphatic rings. The molecule has 6 N–H and O–H groups in total. The van der Waals surface area contributed by atoms with Crippen molar-refractivity contribution in [3.8, 4) is 17.2 Å². The molecule has 0 atom stereocenters. The highest BCUT2D eigenvalue weighted by Gasteiger charge is 2.18. The Hall–Kier alpha value is -3.27. The minimum absolute atomic E-state index is 0. The van der Waals surface area contributed by atoms with Gasteiger partial charge in [-0.25, -0.2) is 0 Å². The molecule has 0 saturated carbocycles. The van der Waals surface area contributed by atoms with E-state index in [-0.39, 0.29) is 51.2 Å². The SMILES string of the molecule is C.C.C.C=CC(C)C.CC(C)(C)C.CC(C)(C)CCCO.CC(C)(C)CCCO.CC(C)(C)c1cc(O)c(O)c(CO)c1.CC(C)(C)c1ccc(O)cc1.CC(C)C.CC(C)CCS.CC(C)Cc1ccccc1.CC(C)c1ccc(Br)cc1.CCCCCC(C)C. The first-order chi connectivity index (χ1) is 40.5. The molecule has 4 aromatic rings. The Morgan fingerprint density at radius 3 is 1.14 bits per heavy atom. The van der Waals surface area contributed by atoms with Crippen LogP contribution < -0.4 is 0 Å². The topological polar surface area (TPSA) is 121 Å². The van der Waals surface area contributed by atoms with Gasteiger partial charge in [-0.15, -0.1) is 6.58 Å². The molecule has 0 unspecified atom stereocenters. The van der Waals surface area contributed by atoms with Gasteiger partial charge in [0.2, 0.25) is 0 Å². The molecule has 0 radical (unpaired) electrons. The van der Waals surface area contributed by atoms with Gasteiger partial charge in [-0.05, 0) is 166 Å². The average Bonchev–Trinajstić information content (AvgIpc) is 0.904. The van der Waals surface area contributed by atoms with Gasteiger partial charge in [0.05, 0.1) is 6.61 Å². The number of rotatable bonds is 15. The van der Waals surface area contributed by atoms with Crippen LogP contribution in [0.4, 0.5) is 0 Å². The first-order valence-corrected chi connectivity index (χ1v) is 35.1. The smallest absolute Gasteiger partial charge is 0.163 e. The van der Waals surface area contributed by atoms with Crippen LogP contribution in [0.1, 0.15) is 322 Å². The zero-order valence-electron chi connectivity index (χ0n) is 63.8. The second kappa shape index (κ2) is 63.8. The summed E-state index contributed by atoms with van der Waals surface area (Å²) in [6.07, 6.45) is 14.1. The van der Waals surface area contributed by atoms with Crippen molar-refractivity contribution >= 4 is 28.6 Å². The molecule has 546 valence electrons. The molecule has 8 heteroatoms. The van der Waals surface area contributed by atoms with E-state index in [1.165, 1.54) is 61.3 Å². The fourth-order valence-corrected chi connectivity index (χ4v) is 7.19. The van der Waals surface area contributed by atoms with Crippen molar-refractivity contribution in [2.75, 3.05) is 19.0 Å². The highest BCUT2D eigenvalue weighted by Crippen LogP contribution is 2.35. The van der Waals surface area contributed by atoms with Crippen molar-refractivity contribution in [1.29, 1.82) is 0 Å². The lowest BCUT2D eigenvalue weighted by atomic mass is 9.86. The number of hydrogen-bond acceptors (Lipinski definition) is 7. The van der Waals surface area contributed by atoms with E-state index in [9.17, 15) is 10.2 Å². The lowest BCUT2D eigenvalue weighted by molar-refractivity contribution is 0.251. The van der Waals surface area contributed by atoms with E-state index in [4.69, 9.17) is 20.4 Å². The van der Waals surface area contributed by atoms with Gasteiger partial charge in [0.15, 0.2) is 11.5 Å². The number of halogens is 1. The Labute approximate surface area is 591 Å².